The van der Waals surface area contributed by atoms with Crippen LogP contribution in [0.15, 0.2) is 6.07 Å². The van der Waals surface area contributed by atoms with Crippen LogP contribution in [0.3, 0.4) is 0 Å². The van der Waals surface area contributed by atoms with Crippen molar-refractivity contribution in [1.82, 2.24) is 15.2 Å². The Balaban J connectivity index is 1.86. The van der Waals surface area contributed by atoms with Gasteiger partial charge >= 0.3 is 12.0 Å². The smallest absolute Gasteiger partial charge is 0.354 e. The minimum Gasteiger partial charge on any atom is -0.477 e. The summed E-state index contributed by atoms with van der Waals surface area (Å²) in [5.74, 6) is -1.12. The molecular weight excluding hydrogens is 276 g/mol. The Hall–Kier alpha value is -2.06. The first-order valence-corrected chi connectivity index (χ1v) is 6.73. The number of rotatable bonds is 4. The van der Waals surface area contributed by atoms with E-state index in [-0.39, 0.29) is 17.5 Å². The highest BCUT2D eigenvalue weighted by molar-refractivity contribution is 5.99. The third-order valence-electron chi connectivity index (χ3n) is 3.25. The number of hydrogen-bond donors (Lipinski definition) is 4. The number of aromatic amines is 1. The number of hydrogen-bond acceptors (Lipinski definition) is 4. The molecule has 0 aliphatic carbocycles. The van der Waals surface area contributed by atoms with E-state index in [1.807, 2.05) is 7.05 Å². The number of anilines is 1. The first kappa shape index (κ1) is 15.3. The van der Waals surface area contributed by atoms with E-state index in [9.17, 15) is 9.59 Å². The summed E-state index contributed by atoms with van der Waals surface area (Å²) in [7, 11) is 2.00. The number of nitrogens with zero attached hydrogens (tertiary/aromatic N) is 1. The van der Waals surface area contributed by atoms with E-state index in [0.717, 1.165) is 13.1 Å². The Bertz CT molecular complexity index is 528. The van der Waals surface area contributed by atoms with Crippen LogP contribution in [0.1, 0.15) is 16.2 Å². The molecule has 0 radical (unpaired) electrons. The van der Waals surface area contributed by atoms with Crippen molar-refractivity contribution in [3.8, 4) is 0 Å². The van der Waals surface area contributed by atoms with Gasteiger partial charge in [0, 0.05) is 25.3 Å². The third kappa shape index (κ3) is 4.20. The number of morpholine rings is 1. The molecule has 2 amide bonds. The minimum atomic E-state index is -1.12. The molecule has 4 N–H and O–H groups in total. The maximum Gasteiger partial charge on any atom is 0.354 e. The number of amides is 2. The fourth-order valence-corrected chi connectivity index (χ4v) is 2.22. The highest BCUT2D eigenvalue weighted by atomic mass is 16.5. The number of carbonyl (C=O) groups excluding carboxylic acids is 1. The molecule has 1 aliphatic rings. The average molecular weight is 296 g/mol. The predicted octanol–water partition coefficient (Wildman–Crippen LogP) is 0.473. The van der Waals surface area contributed by atoms with Gasteiger partial charge in [-0.25, -0.2) is 9.59 Å². The molecule has 0 spiro atoms. The molecule has 2 rings (SSSR count). The highest BCUT2D eigenvalue weighted by Crippen LogP contribution is 2.16. The molecule has 1 aromatic rings. The average Bonchev–Trinajstić information content (AvgIpc) is 2.77. The summed E-state index contributed by atoms with van der Waals surface area (Å²) < 4.78 is 5.53. The summed E-state index contributed by atoms with van der Waals surface area (Å²) in [5.41, 5.74) is 0.885. The van der Waals surface area contributed by atoms with Crippen molar-refractivity contribution in [2.24, 2.45) is 0 Å². The summed E-state index contributed by atoms with van der Waals surface area (Å²) in [6, 6.07) is 1.13. The zero-order chi connectivity index (χ0) is 15.4. The van der Waals surface area contributed by atoms with E-state index in [4.69, 9.17) is 9.84 Å². The first-order chi connectivity index (χ1) is 9.95. The van der Waals surface area contributed by atoms with Gasteiger partial charge in [0.25, 0.3) is 0 Å². The number of nitrogens with one attached hydrogen (secondary N) is 3. The quantitative estimate of drug-likeness (QED) is 0.646. The van der Waals surface area contributed by atoms with Crippen molar-refractivity contribution < 1.29 is 19.4 Å². The number of aromatic nitrogens is 1. The van der Waals surface area contributed by atoms with Crippen LogP contribution in [-0.2, 0) is 4.74 Å². The number of H-pyrrole nitrogens is 1. The molecular formula is C13H20N4O4. The monoisotopic (exact) mass is 296 g/mol. The number of carboxylic acid groups (broad SMARTS) is 1. The lowest BCUT2D eigenvalue weighted by atomic mass is 10.3. The summed E-state index contributed by atoms with van der Waals surface area (Å²) in [6.07, 6.45) is -0.0543. The van der Waals surface area contributed by atoms with Crippen LogP contribution in [0.2, 0.25) is 0 Å². The molecule has 0 bridgehead atoms. The summed E-state index contributed by atoms with van der Waals surface area (Å²) >= 11 is 0. The Kier molecular flexibility index (Phi) is 4.81. The molecule has 8 heteroatoms. The molecule has 116 valence electrons. The molecule has 8 nitrogen and oxygen atoms in total. The van der Waals surface area contributed by atoms with Crippen LogP contribution < -0.4 is 10.6 Å². The SMILES string of the molecule is Cc1cc(NC(=O)NCC2CN(C)CCO2)c(C(=O)O)[nH]1. The van der Waals surface area contributed by atoms with Crippen LogP contribution in [0.5, 0.6) is 0 Å². The molecule has 1 fully saturated rings. The molecule has 2 heterocycles. The predicted molar refractivity (Wildman–Crippen MR) is 76.7 cm³/mol. The van der Waals surface area contributed by atoms with E-state index in [0.29, 0.717) is 18.8 Å². The largest absolute Gasteiger partial charge is 0.477 e. The van der Waals surface area contributed by atoms with Gasteiger partial charge in [0.1, 0.15) is 5.69 Å². The van der Waals surface area contributed by atoms with Gasteiger partial charge in [0.15, 0.2) is 0 Å². The lowest BCUT2D eigenvalue weighted by molar-refractivity contribution is -0.0166. The second kappa shape index (κ2) is 6.59. The summed E-state index contributed by atoms with van der Waals surface area (Å²) in [4.78, 5) is 27.7. The number of urea groups is 1. The fourth-order valence-electron chi connectivity index (χ4n) is 2.22. The lowest BCUT2D eigenvalue weighted by Gasteiger charge is -2.30. The third-order valence-corrected chi connectivity index (χ3v) is 3.25. The maximum absolute atomic E-state index is 11.8. The normalized spacial score (nSPS) is 19.2. The van der Waals surface area contributed by atoms with Gasteiger partial charge in [0.05, 0.1) is 18.4 Å². The second-order valence-electron chi connectivity index (χ2n) is 5.14. The minimum absolute atomic E-state index is 0.0312. The summed E-state index contributed by atoms with van der Waals surface area (Å²) in [5, 5.41) is 14.2. The van der Waals surface area contributed by atoms with Gasteiger partial charge < -0.3 is 30.4 Å². The number of likely N-dealkylation sites (N-methyl/N-ethyl adjacent to an activating group) is 1. The van der Waals surface area contributed by atoms with Gasteiger partial charge in [-0.3, -0.25) is 0 Å². The topological polar surface area (TPSA) is 107 Å². The van der Waals surface area contributed by atoms with Crippen molar-refractivity contribution in [1.29, 1.82) is 0 Å². The van der Waals surface area contributed by atoms with E-state index in [1.54, 1.807) is 13.0 Å². The number of carbonyl (C=O) groups is 2. The molecule has 1 aliphatic heterocycles. The highest BCUT2D eigenvalue weighted by Gasteiger charge is 2.19. The second-order valence-corrected chi connectivity index (χ2v) is 5.14. The van der Waals surface area contributed by atoms with E-state index in [2.05, 4.69) is 20.5 Å². The van der Waals surface area contributed by atoms with Gasteiger partial charge in [-0.15, -0.1) is 0 Å². The van der Waals surface area contributed by atoms with Crippen LogP contribution in [0.4, 0.5) is 10.5 Å². The lowest BCUT2D eigenvalue weighted by Crippen LogP contribution is -2.46. The van der Waals surface area contributed by atoms with Gasteiger partial charge in [-0.2, -0.15) is 0 Å². The van der Waals surface area contributed by atoms with Crippen LogP contribution >= 0.6 is 0 Å². The molecule has 0 saturated carbocycles. The van der Waals surface area contributed by atoms with E-state index in [1.165, 1.54) is 0 Å². The number of carboxylic acids is 1. The van der Waals surface area contributed by atoms with Crippen LogP contribution in [0.25, 0.3) is 0 Å². The van der Waals surface area contributed by atoms with Gasteiger partial charge in [0.2, 0.25) is 0 Å². The van der Waals surface area contributed by atoms with Crippen LogP contribution in [0, 0.1) is 6.92 Å². The van der Waals surface area contributed by atoms with Gasteiger partial charge in [-0.05, 0) is 20.0 Å². The van der Waals surface area contributed by atoms with Crippen molar-refractivity contribution >= 4 is 17.7 Å². The van der Waals surface area contributed by atoms with Crippen molar-refractivity contribution in [3.63, 3.8) is 0 Å². The van der Waals surface area contributed by atoms with Crippen molar-refractivity contribution in [2.75, 3.05) is 38.6 Å². The van der Waals surface area contributed by atoms with E-state index < -0.39 is 12.0 Å². The molecule has 1 unspecified atom stereocenters. The molecule has 1 aromatic heterocycles. The molecule has 21 heavy (non-hydrogen) atoms. The standard InChI is InChI=1S/C13H20N4O4/c1-8-5-10(11(15-8)12(18)19)16-13(20)14-6-9-7-17(2)3-4-21-9/h5,9,15H,3-4,6-7H2,1-2H3,(H,18,19)(H2,14,16,20). The zero-order valence-electron chi connectivity index (χ0n) is 12.1. The molecule has 0 aromatic carbocycles. The number of ether oxygens (including phenoxy) is 1. The Labute approximate surface area is 122 Å². The molecule has 1 saturated heterocycles. The van der Waals surface area contributed by atoms with Crippen molar-refractivity contribution in [2.45, 2.75) is 13.0 Å². The number of aromatic carboxylic acids is 1. The Morgan fingerprint density at radius 3 is 3.00 bits per heavy atom. The number of aryl methyl sites for hydroxylation is 1. The fraction of sp³-hybridized carbons (Fsp3) is 0.538. The van der Waals surface area contributed by atoms with Crippen LogP contribution in [-0.4, -0.2) is 66.4 Å². The van der Waals surface area contributed by atoms with Gasteiger partial charge in [-0.1, -0.05) is 0 Å². The summed E-state index contributed by atoms with van der Waals surface area (Å²) in [6.45, 7) is 4.38. The molecule has 1 atom stereocenters. The van der Waals surface area contributed by atoms with E-state index >= 15 is 0 Å². The van der Waals surface area contributed by atoms with Crippen molar-refractivity contribution in [3.05, 3.63) is 17.5 Å². The Morgan fingerprint density at radius 1 is 1.57 bits per heavy atom. The maximum atomic E-state index is 11.8. The Morgan fingerprint density at radius 2 is 2.33 bits per heavy atom. The first-order valence-electron chi connectivity index (χ1n) is 6.73. The zero-order valence-corrected chi connectivity index (χ0v) is 12.1.